The Morgan fingerprint density at radius 3 is 2.85 bits per heavy atom. The number of fused-ring (bicyclic) bond motifs is 1. The van der Waals surface area contributed by atoms with E-state index in [9.17, 15) is 4.79 Å². The number of carbonyl (C=O) groups excluding carboxylic acids is 1. The van der Waals surface area contributed by atoms with Crippen molar-refractivity contribution in [2.75, 3.05) is 5.32 Å². The van der Waals surface area contributed by atoms with E-state index in [2.05, 4.69) is 30.0 Å². The molecule has 0 spiro atoms. The summed E-state index contributed by atoms with van der Waals surface area (Å²) in [4.78, 5) is 12.4. The summed E-state index contributed by atoms with van der Waals surface area (Å²) in [6, 6.07) is 11.1. The fraction of sp³-hybridized carbons (Fsp3) is 0.0714. The molecule has 20 heavy (non-hydrogen) atoms. The number of hydrogen-bond acceptors (Lipinski definition) is 4. The maximum Gasteiger partial charge on any atom is 0.256 e. The molecule has 4 nitrogen and oxygen atoms in total. The molecule has 0 fully saturated rings. The number of benzene rings is 2. The highest BCUT2D eigenvalue weighted by molar-refractivity contribution is 9.10. The molecule has 0 atom stereocenters. The number of nitrogens with zero attached hydrogens (tertiary/aromatic N) is 2. The van der Waals surface area contributed by atoms with Crippen LogP contribution in [0, 0.1) is 6.92 Å². The molecule has 1 N–H and O–H groups in total. The second-order valence-electron chi connectivity index (χ2n) is 4.30. The predicted octanol–water partition coefficient (Wildman–Crippen LogP) is 4.01. The van der Waals surface area contributed by atoms with Gasteiger partial charge in [-0.3, -0.25) is 4.79 Å². The topological polar surface area (TPSA) is 54.9 Å². The number of anilines is 1. The van der Waals surface area contributed by atoms with Gasteiger partial charge in [0.15, 0.2) is 0 Å². The highest BCUT2D eigenvalue weighted by Gasteiger charge is 2.13. The van der Waals surface area contributed by atoms with Crippen LogP contribution in [0.4, 0.5) is 5.69 Å². The van der Waals surface area contributed by atoms with Gasteiger partial charge in [0.1, 0.15) is 11.0 Å². The van der Waals surface area contributed by atoms with E-state index in [1.807, 2.05) is 37.3 Å². The van der Waals surface area contributed by atoms with Gasteiger partial charge in [-0.15, -0.1) is 0 Å². The first-order valence-electron chi connectivity index (χ1n) is 5.94. The van der Waals surface area contributed by atoms with Crippen molar-refractivity contribution in [1.29, 1.82) is 0 Å². The molecule has 0 radical (unpaired) electrons. The molecule has 100 valence electrons. The second-order valence-corrected chi connectivity index (χ2v) is 5.69. The van der Waals surface area contributed by atoms with Crippen LogP contribution < -0.4 is 5.32 Å². The minimum Gasteiger partial charge on any atom is -0.320 e. The molecular formula is C14H10BrN3OS. The SMILES string of the molecule is Cc1c(Br)cccc1C(=O)Nc1cccc2nsnc12. The van der Waals surface area contributed by atoms with Crippen LogP contribution >= 0.6 is 27.7 Å². The fourth-order valence-electron chi connectivity index (χ4n) is 1.95. The molecule has 0 aliphatic heterocycles. The van der Waals surface area contributed by atoms with Crippen molar-refractivity contribution >= 4 is 50.3 Å². The Bertz CT molecular complexity index is 800. The standard InChI is InChI=1S/C14H10BrN3OS/c1-8-9(4-2-5-10(8)15)14(19)16-11-6-3-7-12-13(11)18-20-17-12/h2-7H,1H3,(H,16,19). The van der Waals surface area contributed by atoms with Gasteiger partial charge >= 0.3 is 0 Å². The lowest BCUT2D eigenvalue weighted by atomic mass is 10.1. The van der Waals surface area contributed by atoms with Crippen molar-refractivity contribution in [2.45, 2.75) is 6.92 Å². The van der Waals surface area contributed by atoms with Crippen LogP contribution in [0.3, 0.4) is 0 Å². The van der Waals surface area contributed by atoms with Gasteiger partial charge in [0.05, 0.1) is 17.4 Å². The summed E-state index contributed by atoms with van der Waals surface area (Å²) in [6.45, 7) is 1.91. The number of amides is 1. The molecule has 0 unspecified atom stereocenters. The first kappa shape index (κ1) is 13.2. The summed E-state index contributed by atoms with van der Waals surface area (Å²) in [5.41, 5.74) is 3.74. The highest BCUT2D eigenvalue weighted by Crippen LogP contribution is 2.24. The van der Waals surface area contributed by atoms with E-state index in [0.717, 1.165) is 32.8 Å². The Morgan fingerprint density at radius 1 is 1.20 bits per heavy atom. The van der Waals surface area contributed by atoms with Crippen molar-refractivity contribution in [3.63, 3.8) is 0 Å². The third kappa shape index (κ3) is 2.32. The number of hydrogen-bond donors (Lipinski definition) is 1. The van der Waals surface area contributed by atoms with E-state index in [1.54, 1.807) is 6.07 Å². The molecule has 1 aromatic heterocycles. The number of nitrogens with one attached hydrogen (secondary N) is 1. The minimum atomic E-state index is -0.149. The van der Waals surface area contributed by atoms with Gasteiger partial charge in [-0.2, -0.15) is 8.75 Å². The van der Waals surface area contributed by atoms with E-state index in [-0.39, 0.29) is 5.91 Å². The maximum absolute atomic E-state index is 12.4. The van der Waals surface area contributed by atoms with Gasteiger partial charge in [-0.25, -0.2) is 0 Å². The maximum atomic E-state index is 12.4. The first-order chi connectivity index (χ1) is 9.66. The summed E-state index contributed by atoms with van der Waals surface area (Å²) in [5, 5.41) is 2.90. The van der Waals surface area contributed by atoms with Crippen LogP contribution in [0.1, 0.15) is 15.9 Å². The zero-order valence-electron chi connectivity index (χ0n) is 10.6. The van der Waals surface area contributed by atoms with Crippen LogP contribution in [0.25, 0.3) is 11.0 Å². The largest absolute Gasteiger partial charge is 0.320 e. The van der Waals surface area contributed by atoms with Crippen LogP contribution in [0.15, 0.2) is 40.9 Å². The quantitative estimate of drug-likeness (QED) is 0.761. The molecule has 3 aromatic rings. The molecule has 6 heteroatoms. The van der Waals surface area contributed by atoms with E-state index in [0.29, 0.717) is 11.3 Å². The van der Waals surface area contributed by atoms with E-state index in [1.165, 1.54) is 0 Å². The molecule has 1 amide bonds. The predicted molar refractivity (Wildman–Crippen MR) is 84.2 cm³/mol. The van der Waals surface area contributed by atoms with Crippen molar-refractivity contribution in [3.05, 3.63) is 52.0 Å². The fourth-order valence-corrected chi connectivity index (χ4v) is 2.87. The average Bonchev–Trinajstić information content (AvgIpc) is 2.91. The van der Waals surface area contributed by atoms with Gasteiger partial charge in [-0.1, -0.05) is 28.1 Å². The Kier molecular flexibility index (Phi) is 3.50. The lowest BCUT2D eigenvalue weighted by Crippen LogP contribution is -2.13. The summed E-state index contributed by atoms with van der Waals surface area (Å²) in [7, 11) is 0. The molecule has 3 rings (SSSR count). The zero-order chi connectivity index (χ0) is 14.1. The van der Waals surface area contributed by atoms with Gasteiger partial charge < -0.3 is 5.32 Å². The molecule has 2 aromatic carbocycles. The van der Waals surface area contributed by atoms with Crippen molar-refractivity contribution in [1.82, 2.24) is 8.75 Å². The van der Waals surface area contributed by atoms with E-state index < -0.39 is 0 Å². The van der Waals surface area contributed by atoms with Crippen LogP contribution in [0.2, 0.25) is 0 Å². The normalized spacial score (nSPS) is 10.7. The summed E-state index contributed by atoms with van der Waals surface area (Å²) in [5.74, 6) is -0.149. The minimum absolute atomic E-state index is 0.149. The average molecular weight is 348 g/mol. The molecule has 0 saturated carbocycles. The van der Waals surface area contributed by atoms with Gasteiger partial charge in [-0.05, 0) is 36.8 Å². The summed E-state index contributed by atoms with van der Waals surface area (Å²) >= 11 is 4.57. The third-order valence-electron chi connectivity index (χ3n) is 3.05. The Balaban J connectivity index is 1.97. The lowest BCUT2D eigenvalue weighted by molar-refractivity contribution is 0.102. The smallest absolute Gasteiger partial charge is 0.256 e. The summed E-state index contributed by atoms with van der Waals surface area (Å²) in [6.07, 6.45) is 0. The van der Waals surface area contributed by atoms with Crippen molar-refractivity contribution in [2.24, 2.45) is 0 Å². The van der Waals surface area contributed by atoms with Crippen LogP contribution in [-0.2, 0) is 0 Å². The number of carbonyl (C=O) groups is 1. The molecular weight excluding hydrogens is 338 g/mol. The third-order valence-corrected chi connectivity index (χ3v) is 4.45. The number of rotatable bonds is 2. The Morgan fingerprint density at radius 2 is 2.00 bits per heavy atom. The lowest BCUT2D eigenvalue weighted by Gasteiger charge is -2.09. The van der Waals surface area contributed by atoms with Gasteiger partial charge in [0.25, 0.3) is 5.91 Å². The second kappa shape index (κ2) is 5.30. The Labute approximate surface area is 128 Å². The number of aromatic nitrogens is 2. The van der Waals surface area contributed by atoms with E-state index >= 15 is 0 Å². The monoisotopic (exact) mass is 347 g/mol. The van der Waals surface area contributed by atoms with Crippen molar-refractivity contribution in [3.8, 4) is 0 Å². The number of halogens is 1. The van der Waals surface area contributed by atoms with Crippen LogP contribution in [0.5, 0.6) is 0 Å². The van der Waals surface area contributed by atoms with Crippen LogP contribution in [-0.4, -0.2) is 14.7 Å². The molecule has 0 bridgehead atoms. The Hall–Kier alpha value is -1.79. The van der Waals surface area contributed by atoms with E-state index in [4.69, 9.17) is 0 Å². The molecule has 0 aliphatic rings. The highest BCUT2D eigenvalue weighted by atomic mass is 79.9. The van der Waals surface area contributed by atoms with Gasteiger partial charge in [0.2, 0.25) is 0 Å². The van der Waals surface area contributed by atoms with Gasteiger partial charge in [0, 0.05) is 10.0 Å². The summed E-state index contributed by atoms with van der Waals surface area (Å²) < 4.78 is 9.29. The zero-order valence-corrected chi connectivity index (χ0v) is 13.0. The molecule has 1 heterocycles. The molecule has 0 aliphatic carbocycles. The molecule has 0 saturated heterocycles. The van der Waals surface area contributed by atoms with Crippen molar-refractivity contribution < 1.29 is 4.79 Å². The first-order valence-corrected chi connectivity index (χ1v) is 7.47.